The third-order valence-corrected chi connectivity index (χ3v) is 1.70. The predicted molar refractivity (Wildman–Crippen MR) is 40.5 cm³/mol. The maximum Gasteiger partial charge on any atom is 0.204 e. The van der Waals surface area contributed by atoms with E-state index in [1.807, 2.05) is 0 Å². The van der Waals surface area contributed by atoms with Crippen molar-refractivity contribution in [2.24, 2.45) is 4.99 Å². The number of ketones is 1. The molecule has 0 atom stereocenters. The van der Waals surface area contributed by atoms with Crippen LogP contribution < -0.4 is 0 Å². The van der Waals surface area contributed by atoms with Crippen molar-refractivity contribution in [2.45, 2.75) is 0 Å². The van der Waals surface area contributed by atoms with Crippen LogP contribution in [0.3, 0.4) is 0 Å². The van der Waals surface area contributed by atoms with E-state index in [1.165, 1.54) is 6.21 Å². The average molecular weight is 149 g/mol. The first-order chi connectivity index (χ1) is 5.38. The summed E-state index contributed by atoms with van der Waals surface area (Å²) in [7, 11) is 0. The summed E-state index contributed by atoms with van der Waals surface area (Å²) >= 11 is 0. The molecule has 0 spiro atoms. The van der Waals surface area contributed by atoms with Gasteiger partial charge in [-0.25, -0.2) is 0 Å². The zero-order valence-electron chi connectivity index (χ0n) is 5.91. The van der Waals surface area contributed by atoms with Crippen LogP contribution in [-0.2, 0) is 9.53 Å². The Hall–Kier alpha value is -1.22. The Balaban J connectivity index is 2.43. The van der Waals surface area contributed by atoms with E-state index in [9.17, 15) is 4.79 Å². The van der Waals surface area contributed by atoms with Crippen LogP contribution in [0.5, 0.6) is 0 Å². The van der Waals surface area contributed by atoms with E-state index in [2.05, 4.69) is 4.99 Å². The lowest BCUT2D eigenvalue weighted by atomic mass is 10.0. The molecule has 3 nitrogen and oxygen atoms in total. The predicted octanol–water partition coefficient (Wildman–Crippen LogP) is 0.480. The van der Waals surface area contributed by atoms with Gasteiger partial charge in [0, 0.05) is 17.3 Å². The van der Waals surface area contributed by atoms with Gasteiger partial charge in [0.05, 0.1) is 19.4 Å². The summed E-state index contributed by atoms with van der Waals surface area (Å²) in [5.41, 5.74) is 1.65. The van der Waals surface area contributed by atoms with E-state index in [0.717, 1.165) is 11.1 Å². The first-order valence-corrected chi connectivity index (χ1v) is 3.43. The van der Waals surface area contributed by atoms with Gasteiger partial charge in [0.25, 0.3) is 0 Å². The third kappa shape index (κ3) is 1.03. The van der Waals surface area contributed by atoms with E-state index in [4.69, 9.17) is 4.74 Å². The SMILES string of the molecule is O=C1C=NC=C2COCC=C12. The lowest BCUT2D eigenvalue weighted by Crippen LogP contribution is -2.18. The maximum absolute atomic E-state index is 11.1. The largest absolute Gasteiger partial charge is 0.373 e. The second-order valence-corrected chi connectivity index (χ2v) is 2.43. The van der Waals surface area contributed by atoms with Gasteiger partial charge in [0.15, 0.2) is 0 Å². The lowest BCUT2D eigenvalue weighted by Gasteiger charge is -2.16. The highest BCUT2D eigenvalue weighted by atomic mass is 16.5. The van der Waals surface area contributed by atoms with Crippen LogP contribution in [0.1, 0.15) is 0 Å². The molecule has 0 aliphatic carbocycles. The molecule has 0 amide bonds. The van der Waals surface area contributed by atoms with Crippen molar-refractivity contribution in [3.8, 4) is 0 Å². The van der Waals surface area contributed by atoms with Gasteiger partial charge < -0.3 is 4.74 Å². The topological polar surface area (TPSA) is 38.7 Å². The minimum absolute atomic E-state index is 0.00852. The molecule has 0 aromatic rings. The normalized spacial score (nSPS) is 22.4. The van der Waals surface area contributed by atoms with Crippen LogP contribution in [-0.4, -0.2) is 25.2 Å². The molecule has 2 heterocycles. The van der Waals surface area contributed by atoms with Gasteiger partial charge in [0.1, 0.15) is 0 Å². The van der Waals surface area contributed by atoms with Crippen molar-refractivity contribution in [2.75, 3.05) is 13.2 Å². The van der Waals surface area contributed by atoms with Gasteiger partial charge in [-0.05, 0) is 6.08 Å². The van der Waals surface area contributed by atoms with Crippen LogP contribution in [0.4, 0.5) is 0 Å². The number of nitrogens with zero attached hydrogens (tertiary/aromatic N) is 1. The van der Waals surface area contributed by atoms with Crippen molar-refractivity contribution in [3.63, 3.8) is 0 Å². The smallest absolute Gasteiger partial charge is 0.204 e. The molecule has 0 aromatic heterocycles. The zero-order valence-corrected chi connectivity index (χ0v) is 5.91. The molecule has 2 rings (SSSR count). The summed E-state index contributed by atoms with van der Waals surface area (Å²) in [6.45, 7) is 1.04. The van der Waals surface area contributed by atoms with Crippen LogP contribution in [0.25, 0.3) is 0 Å². The van der Waals surface area contributed by atoms with E-state index in [0.29, 0.717) is 13.2 Å². The number of hydrogen-bond acceptors (Lipinski definition) is 3. The number of carbonyl (C=O) groups excluding carboxylic acids is 1. The highest BCUT2D eigenvalue weighted by Gasteiger charge is 2.18. The Kier molecular flexibility index (Phi) is 1.43. The summed E-state index contributed by atoms with van der Waals surface area (Å²) in [5, 5.41) is 0. The summed E-state index contributed by atoms with van der Waals surface area (Å²) in [4.78, 5) is 14.9. The lowest BCUT2D eigenvalue weighted by molar-refractivity contribution is -0.109. The van der Waals surface area contributed by atoms with Crippen molar-refractivity contribution < 1.29 is 9.53 Å². The quantitative estimate of drug-likeness (QED) is 0.502. The summed E-state index contributed by atoms with van der Waals surface area (Å²) in [6, 6.07) is 0. The minimum Gasteiger partial charge on any atom is -0.373 e. The molecular weight excluding hydrogens is 142 g/mol. The van der Waals surface area contributed by atoms with Crippen molar-refractivity contribution in [3.05, 3.63) is 23.4 Å². The number of hydrogen-bond donors (Lipinski definition) is 0. The fourth-order valence-electron chi connectivity index (χ4n) is 1.15. The maximum atomic E-state index is 11.1. The van der Waals surface area contributed by atoms with Crippen molar-refractivity contribution >= 4 is 12.0 Å². The number of Topliss-reactive ketones (excluding diaryl/α,β-unsaturated/α-hetero) is 1. The van der Waals surface area contributed by atoms with E-state index in [1.54, 1.807) is 12.3 Å². The molecule has 0 radical (unpaired) electrons. The van der Waals surface area contributed by atoms with Crippen LogP contribution in [0, 0.1) is 0 Å². The standard InChI is InChI=1S/C8H7NO2/c10-8-4-9-3-6-5-11-2-1-7(6)8/h1,3-4H,2,5H2. The monoisotopic (exact) mass is 149 g/mol. The zero-order chi connectivity index (χ0) is 7.68. The van der Waals surface area contributed by atoms with E-state index < -0.39 is 0 Å². The highest BCUT2D eigenvalue weighted by molar-refractivity contribution is 6.37. The van der Waals surface area contributed by atoms with Gasteiger partial charge in [-0.1, -0.05) is 0 Å². The second-order valence-electron chi connectivity index (χ2n) is 2.43. The first kappa shape index (κ1) is 6.49. The molecule has 0 fully saturated rings. The summed E-state index contributed by atoms with van der Waals surface area (Å²) in [5.74, 6) is -0.00852. The molecule has 2 aliphatic rings. The number of aliphatic imine (C=N–C) groups is 1. The molecule has 0 unspecified atom stereocenters. The second kappa shape index (κ2) is 2.43. The molecule has 11 heavy (non-hydrogen) atoms. The third-order valence-electron chi connectivity index (χ3n) is 1.70. The van der Waals surface area contributed by atoms with Crippen LogP contribution in [0.2, 0.25) is 0 Å². The van der Waals surface area contributed by atoms with E-state index >= 15 is 0 Å². The molecule has 0 bridgehead atoms. The minimum atomic E-state index is -0.00852. The molecule has 0 N–H and O–H groups in total. The van der Waals surface area contributed by atoms with Crippen molar-refractivity contribution in [1.29, 1.82) is 0 Å². The Morgan fingerprint density at radius 2 is 2.45 bits per heavy atom. The Bertz CT molecular complexity index is 286. The Labute approximate surface area is 64.1 Å². The Morgan fingerprint density at radius 3 is 3.27 bits per heavy atom. The number of carbonyl (C=O) groups is 1. The molecule has 3 heteroatoms. The number of rotatable bonds is 0. The summed E-state index contributed by atoms with van der Waals surface area (Å²) in [6.07, 6.45) is 4.80. The molecule has 0 aromatic carbocycles. The fourth-order valence-corrected chi connectivity index (χ4v) is 1.15. The average Bonchev–Trinajstić information content (AvgIpc) is 2.06. The molecule has 2 aliphatic heterocycles. The van der Waals surface area contributed by atoms with Gasteiger partial charge in [-0.15, -0.1) is 0 Å². The van der Waals surface area contributed by atoms with E-state index in [-0.39, 0.29) is 5.78 Å². The van der Waals surface area contributed by atoms with Gasteiger partial charge >= 0.3 is 0 Å². The Morgan fingerprint density at radius 1 is 1.55 bits per heavy atom. The first-order valence-electron chi connectivity index (χ1n) is 3.43. The highest BCUT2D eigenvalue weighted by Crippen LogP contribution is 2.18. The summed E-state index contributed by atoms with van der Waals surface area (Å²) < 4.78 is 5.12. The molecule has 0 saturated carbocycles. The number of ether oxygens (including phenoxy) is 1. The number of fused-ring (bicyclic) bond motifs is 1. The van der Waals surface area contributed by atoms with Crippen LogP contribution >= 0.6 is 0 Å². The van der Waals surface area contributed by atoms with Gasteiger partial charge in [0.2, 0.25) is 5.78 Å². The van der Waals surface area contributed by atoms with Crippen molar-refractivity contribution in [1.82, 2.24) is 0 Å². The molecule has 56 valence electrons. The van der Waals surface area contributed by atoms with Gasteiger partial charge in [-0.3, -0.25) is 9.79 Å². The van der Waals surface area contributed by atoms with Crippen LogP contribution in [0.15, 0.2) is 28.4 Å². The fraction of sp³-hybridized carbons (Fsp3) is 0.250. The molecule has 0 saturated heterocycles. The molecular formula is C8H7NO2. The van der Waals surface area contributed by atoms with Gasteiger partial charge in [-0.2, -0.15) is 0 Å².